The molecular formula is C21H31N5O2. The summed E-state index contributed by atoms with van der Waals surface area (Å²) in [6, 6.07) is 8.45. The number of anilines is 1. The second-order valence-corrected chi connectivity index (χ2v) is 7.67. The van der Waals surface area contributed by atoms with Crippen LogP contribution in [-0.4, -0.2) is 46.5 Å². The molecule has 2 amide bonds. The van der Waals surface area contributed by atoms with E-state index in [0.29, 0.717) is 18.3 Å². The second-order valence-electron chi connectivity index (χ2n) is 7.67. The average molecular weight is 386 g/mol. The number of amides is 2. The largest absolute Gasteiger partial charge is 0.376 e. The van der Waals surface area contributed by atoms with E-state index in [1.165, 1.54) is 5.56 Å². The highest BCUT2D eigenvalue weighted by Gasteiger charge is 2.16. The Kier molecular flexibility index (Phi) is 7.06. The molecule has 3 rings (SSSR count). The Bertz CT molecular complexity index is 768. The van der Waals surface area contributed by atoms with E-state index >= 15 is 0 Å². The number of nitrogens with zero attached hydrogens (tertiary/aromatic N) is 3. The first-order valence-electron chi connectivity index (χ1n) is 9.97. The van der Waals surface area contributed by atoms with Crippen molar-refractivity contribution in [3.8, 4) is 0 Å². The van der Waals surface area contributed by atoms with Crippen molar-refractivity contribution in [3.05, 3.63) is 47.8 Å². The van der Waals surface area contributed by atoms with Crippen LogP contribution in [0.5, 0.6) is 0 Å². The average Bonchev–Trinajstić information content (AvgIpc) is 3.33. The summed E-state index contributed by atoms with van der Waals surface area (Å²) in [5, 5.41) is 10.1. The van der Waals surface area contributed by atoms with E-state index in [1.807, 2.05) is 23.0 Å². The fourth-order valence-electron chi connectivity index (χ4n) is 3.21. The summed E-state index contributed by atoms with van der Waals surface area (Å²) in [6.07, 6.45) is 5.90. The molecule has 0 bridgehead atoms. The number of aromatic nitrogens is 2. The molecule has 2 aromatic rings. The van der Waals surface area contributed by atoms with Crippen molar-refractivity contribution in [2.45, 2.75) is 58.5 Å². The van der Waals surface area contributed by atoms with Crippen molar-refractivity contribution in [2.24, 2.45) is 0 Å². The van der Waals surface area contributed by atoms with Crippen LogP contribution in [0.2, 0.25) is 0 Å². The van der Waals surface area contributed by atoms with Crippen LogP contribution >= 0.6 is 0 Å². The first kappa shape index (κ1) is 20.4. The van der Waals surface area contributed by atoms with E-state index < -0.39 is 0 Å². The quantitative estimate of drug-likeness (QED) is 0.732. The Balaban J connectivity index is 1.50. The summed E-state index contributed by atoms with van der Waals surface area (Å²) in [7, 11) is 2.11. The molecule has 1 aromatic heterocycles. The highest BCUT2D eigenvalue weighted by molar-refractivity contribution is 5.88. The molecule has 1 aliphatic heterocycles. The molecule has 0 spiro atoms. The van der Waals surface area contributed by atoms with Gasteiger partial charge in [0.25, 0.3) is 0 Å². The van der Waals surface area contributed by atoms with Crippen molar-refractivity contribution in [2.75, 3.05) is 19.0 Å². The minimum Gasteiger partial charge on any atom is -0.376 e. The Hall–Kier alpha value is -2.38. The first-order chi connectivity index (χ1) is 13.5. The van der Waals surface area contributed by atoms with Crippen LogP contribution in [0.15, 0.2) is 36.7 Å². The number of benzene rings is 1. The van der Waals surface area contributed by atoms with Gasteiger partial charge in [-0.05, 0) is 44.9 Å². The molecule has 28 heavy (non-hydrogen) atoms. The number of carbonyl (C=O) groups is 1. The molecule has 7 nitrogen and oxygen atoms in total. The van der Waals surface area contributed by atoms with E-state index in [1.54, 1.807) is 6.20 Å². The lowest BCUT2D eigenvalue weighted by Crippen LogP contribution is -2.30. The summed E-state index contributed by atoms with van der Waals surface area (Å²) >= 11 is 0. The summed E-state index contributed by atoms with van der Waals surface area (Å²) < 4.78 is 7.45. The molecule has 2 N–H and O–H groups in total. The van der Waals surface area contributed by atoms with Crippen LogP contribution in [0.25, 0.3) is 0 Å². The highest BCUT2D eigenvalue weighted by Crippen LogP contribution is 2.15. The van der Waals surface area contributed by atoms with Gasteiger partial charge >= 0.3 is 6.03 Å². The van der Waals surface area contributed by atoms with Gasteiger partial charge in [-0.1, -0.05) is 24.3 Å². The maximum Gasteiger partial charge on any atom is 0.319 e. The third-order valence-corrected chi connectivity index (χ3v) is 5.16. The lowest BCUT2D eigenvalue weighted by Gasteiger charge is -2.22. The number of nitrogens with one attached hydrogen (secondary N) is 2. The Morgan fingerprint density at radius 1 is 1.36 bits per heavy atom. The van der Waals surface area contributed by atoms with E-state index in [2.05, 4.69) is 53.7 Å². The molecular weight excluding hydrogens is 354 g/mol. The smallest absolute Gasteiger partial charge is 0.319 e. The Morgan fingerprint density at radius 2 is 2.14 bits per heavy atom. The molecule has 1 aromatic carbocycles. The first-order valence-corrected chi connectivity index (χ1v) is 9.97. The maximum atomic E-state index is 12.3. The van der Waals surface area contributed by atoms with Gasteiger partial charge in [0.05, 0.1) is 24.5 Å². The number of urea groups is 1. The number of hydrogen-bond donors (Lipinski definition) is 2. The van der Waals surface area contributed by atoms with Crippen LogP contribution < -0.4 is 10.6 Å². The molecule has 1 saturated heterocycles. The van der Waals surface area contributed by atoms with Gasteiger partial charge in [0.2, 0.25) is 0 Å². The molecule has 2 heterocycles. The van der Waals surface area contributed by atoms with Crippen molar-refractivity contribution in [1.82, 2.24) is 20.0 Å². The predicted octanol–water partition coefficient (Wildman–Crippen LogP) is 3.22. The van der Waals surface area contributed by atoms with Crippen molar-refractivity contribution in [1.29, 1.82) is 0 Å². The Morgan fingerprint density at radius 3 is 2.86 bits per heavy atom. The molecule has 7 heteroatoms. The number of carbonyl (C=O) groups excluding carboxylic acids is 1. The number of hydrogen-bond acceptors (Lipinski definition) is 4. The van der Waals surface area contributed by atoms with Crippen LogP contribution in [0.1, 0.15) is 37.8 Å². The number of rotatable bonds is 8. The second kappa shape index (κ2) is 9.71. The summed E-state index contributed by atoms with van der Waals surface area (Å²) in [5.74, 6) is 0. The molecule has 0 saturated carbocycles. The maximum absolute atomic E-state index is 12.3. The normalized spacial score (nSPS) is 16.7. The third-order valence-electron chi connectivity index (χ3n) is 5.16. The summed E-state index contributed by atoms with van der Waals surface area (Å²) in [5.41, 5.74) is 3.03. The van der Waals surface area contributed by atoms with E-state index in [0.717, 1.165) is 38.1 Å². The fourth-order valence-corrected chi connectivity index (χ4v) is 3.21. The minimum absolute atomic E-state index is 0.224. The zero-order valence-corrected chi connectivity index (χ0v) is 17.0. The van der Waals surface area contributed by atoms with Crippen molar-refractivity contribution < 1.29 is 9.53 Å². The van der Waals surface area contributed by atoms with Crippen LogP contribution in [0.4, 0.5) is 10.5 Å². The summed E-state index contributed by atoms with van der Waals surface area (Å²) in [4.78, 5) is 14.6. The predicted molar refractivity (Wildman–Crippen MR) is 110 cm³/mol. The monoisotopic (exact) mass is 385 g/mol. The third kappa shape index (κ3) is 5.81. The van der Waals surface area contributed by atoms with Gasteiger partial charge in [-0.15, -0.1) is 0 Å². The molecule has 1 atom stereocenters. The SMILES string of the molecule is CC(C)N(C)Cc1ccccc1CNC(=O)Nc1cnn(CC2CCCO2)c1. The van der Waals surface area contributed by atoms with E-state index in [-0.39, 0.29) is 12.1 Å². The topological polar surface area (TPSA) is 71.4 Å². The van der Waals surface area contributed by atoms with E-state index in [9.17, 15) is 4.79 Å². The van der Waals surface area contributed by atoms with Crippen LogP contribution in [-0.2, 0) is 24.4 Å². The lowest BCUT2D eigenvalue weighted by atomic mass is 10.1. The molecule has 0 radical (unpaired) electrons. The molecule has 1 fully saturated rings. The van der Waals surface area contributed by atoms with Crippen LogP contribution in [0, 0.1) is 0 Å². The van der Waals surface area contributed by atoms with Crippen LogP contribution in [0.3, 0.4) is 0 Å². The molecule has 1 aliphatic rings. The standard InChI is InChI=1S/C21H31N5O2/c1-16(2)25(3)13-18-8-5-4-7-17(18)11-22-21(27)24-19-12-23-26(14-19)15-20-9-6-10-28-20/h4-5,7-8,12,14,16,20H,6,9-11,13,15H2,1-3H3,(H2,22,24,27). The molecule has 1 unspecified atom stereocenters. The highest BCUT2D eigenvalue weighted by atomic mass is 16.5. The van der Waals surface area contributed by atoms with Gasteiger partial charge in [-0.2, -0.15) is 5.10 Å². The van der Waals surface area contributed by atoms with Gasteiger partial charge in [-0.3, -0.25) is 9.58 Å². The van der Waals surface area contributed by atoms with E-state index in [4.69, 9.17) is 4.74 Å². The zero-order chi connectivity index (χ0) is 19.9. The Labute approximate surface area is 167 Å². The molecule has 0 aliphatic carbocycles. The minimum atomic E-state index is -0.233. The van der Waals surface area contributed by atoms with Gasteiger partial charge in [0, 0.05) is 31.9 Å². The summed E-state index contributed by atoms with van der Waals surface area (Å²) in [6.45, 7) is 7.24. The van der Waals surface area contributed by atoms with Gasteiger partial charge in [0.1, 0.15) is 0 Å². The fraction of sp³-hybridized carbons (Fsp3) is 0.524. The molecule has 152 valence electrons. The van der Waals surface area contributed by atoms with Crippen molar-refractivity contribution >= 4 is 11.7 Å². The van der Waals surface area contributed by atoms with Gasteiger partial charge < -0.3 is 15.4 Å². The van der Waals surface area contributed by atoms with Gasteiger partial charge in [0.15, 0.2) is 0 Å². The lowest BCUT2D eigenvalue weighted by molar-refractivity contribution is 0.0940. The van der Waals surface area contributed by atoms with Crippen molar-refractivity contribution in [3.63, 3.8) is 0 Å². The zero-order valence-electron chi connectivity index (χ0n) is 17.0. The number of ether oxygens (including phenoxy) is 1. The van der Waals surface area contributed by atoms with Gasteiger partial charge in [-0.25, -0.2) is 4.79 Å².